The lowest BCUT2D eigenvalue weighted by Crippen LogP contribution is -2.01. The molecule has 34 heavy (non-hydrogen) atoms. The zero-order chi connectivity index (χ0) is 24.5. The van der Waals surface area contributed by atoms with Crippen LogP contribution in [-0.4, -0.2) is 0 Å². The van der Waals surface area contributed by atoms with Crippen molar-refractivity contribution in [2.24, 2.45) is 5.92 Å². The van der Waals surface area contributed by atoms with Crippen LogP contribution >= 0.6 is 11.3 Å². The van der Waals surface area contributed by atoms with E-state index in [2.05, 4.69) is 56.5 Å². The summed E-state index contributed by atoms with van der Waals surface area (Å²) in [4.78, 5) is 0. The van der Waals surface area contributed by atoms with E-state index in [1.165, 1.54) is 145 Å². The largest absolute Gasteiger partial charge is 0.144 e. The van der Waals surface area contributed by atoms with Crippen molar-refractivity contribution in [2.75, 3.05) is 0 Å². The highest BCUT2D eigenvalue weighted by atomic mass is 32.1. The molecule has 196 valence electrons. The Bertz CT molecular complexity index is 593. The van der Waals surface area contributed by atoms with Crippen LogP contribution in [0.5, 0.6) is 0 Å². The molecular formula is C33H58S. The summed E-state index contributed by atoms with van der Waals surface area (Å²) in [6.45, 7) is 6.97. The SMILES string of the molecule is CCCCCCCCCCC(CCCC)CCCCCCCCCC.c1ccc2sccc2c1. The van der Waals surface area contributed by atoms with E-state index in [0.717, 1.165) is 5.92 Å². The molecule has 0 saturated heterocycles. The fourth-order valence-corrected chi connectivity index (χ4v) is 5.76. The predicted molar refractivity (Wildman–Crippen MR) is 159 cm³/mol. The van der Waals surface area contributed by atoms with Gasteiger partial charge in [-0.3, -0.25) is 0 Å². The molecule has 0 nitrogen and oxygen atoms in total. The number of hydrogen-bond acceptors (Lipinski definition) is 1. The second-order valence-corrected chi connectivity index (χ2v) is 11.4. The normalized spacial score (nSPS) is 11.2. The molecule has 0 aliphatic carbocycles. The number of rotatable bonds is 21. The molecular weight excluding hydrogens is 428 g/mol. The minimum absolute atomic E-state index is 1.04. The molecule has 0 amide bonds. The first kappa shape index (κ1) is 31.2. The fourth-order valence-electron chi connectivity index (χ4n) is 4.97. The third-order valence-corrected chi connectivity index (χ3v) is 8.16. The number of thiophene rings is 1. The Balaban J connectivity index is 0.000000521. The molecule has 0 aliphatic heterocycles. The van der Waals surface area contributed by atoms with E-state index in [-0.39, 0.29) is 0 Å². The van der Waals surface area contributed by atoms with Gasteiger partial charge < -0.3 is 0 Å². The second-order valence-electron chi connectivity index (χ2n) is 10.5. The van der Waals surface area contributed by atoms with E-state index >= 15 is 0 Å². The van der Waals surface area contributed by atoms with Gasteiger partial charge in [-0.05, 0) is 28.8 Å². The van der Waals surface area contributed by atoms with Crippen LogP contribution in [0.1, 0.15) is 156 Å². The first-order valence-corrected chi connectivity index (χ1v) is 16.1. The molecule has 0 fully saturated rings. The van der Waals surface area contributed by atoms with Crippen molar-refractivity contribution in [3.05, 3.63) is 35.7 Å². The van der Waals surface area contributed by atoms with Crippen LogP contribution in [-0.2, 0) is 0 Å². The summed E-state index contributed by atoms with van der Waals surface area (Å²) in [6.07, 6.45) is 30.8. The van der Waals surface area contributed by atoms with E-state index in [0.29, 0.717) is 0 Å². The lowest BCUT2D eigenvalue weighted by atomic mass is 9.90. The van der Waals surface area contributed by atoms with Crippen LogP contribution in [0, 0.1) is 5.92 Å². The van der Waals surface area contributed by atoms with Crippen molar-refractivity contribution in [2.45, 2.75) is 156 Å². The highest BCUT2D eigenvalue weighted by molar-refractivity contribution is 7.17. The van der Waals surface area contributed by atoms with Crippen LogP contribution in [0.4, 0.5) is 0 Å². The summed E-state index contributed by atoms with van der Waals surface area (Å²) >= 11 is 1.79. The van der Waals surface area contributed by atoms with Gasteiger partial charge in [0.25, 0.3) is 0 Å². The summed E-state index contributed by atoms with van der Waals surface area (Å²) in [5.74, 6) is 1.04. The van der Waals surface area contributed by atoms with Crippen LogP contribution in [0.15, 0.2) is 35.7 Å². The fraction of sp³-hybridized carbons (Fsp3) is 0.758. The molecule has 0 bridgehead atoms. The Kier molecular flexibility index (Phi) is 21.9. The minimum Gasteiger partial charge on any atom is -0.144 e. The smallest absolute Gasteiger partial charge is 0.0342 e. The zero-order valence-electron chi connectivity index (χ0n) is 23.3. The monoisotopic (exact) mass is 486 g/mol. The Morgan fingerprint density at radius 1 is 0.500 bits per heavy atom. The van der Waals surface area contributed by atoms with Crippen LogP contribution in [0.2, 0.25) is 0 Å². The summed E-state index contributed by atoms with van der Waals surface area (Å²) in [5.41, 5.74) is 0. The van der Waals surface area contributed by atoms with Crippen molar-refractivity contribution in [1.29, 1.82) is 0 Å². The average Bonchev–Trinajstić information content (AvgIpc) is 3.34. The topological polar surface area (TPSA) is 0 Å². The number of benzene rings is 1. The van der Waals surface area contributed by atoms with Crippen molar-refractivity contribution < 1.29 is 0 Å². The molecule has 0 N–H and O–H groups in total. The highest BCUT2D eigenvalue weighted by Crippen LogP contribution is 2.24. The maximum absolute atomic E-state index is 2.35. The molecule has 0 unspecified atom stereocenters. The third-order valence-electron chi connectivity index (χ3n) is 7.26. The molecule has 1 aromatic carbocycles. The van der Waals surface area contributed by atoms with Crippen molar-refractivity contribution in [3.63, 3.8) is 0 Å². The van der Waals surface area contributed by atoms with Gasteiger partial charge in [-0.25, -0.2) is 0 Å². The molecule has 0 saturated carbocycles. The quantitative estimate of drug-likeness (QED) is 0.154. The number of fused-ring (bicyclic) bond motifs is 1. The van der Waals surface area contributed by atoms with Crippen molar-refractivity contribution in [1.82, 2.24) is 0 Å². The maximum Gasteiger partial charge on any atom is 0.0342 e. The summed E-state index contributed by atoms with van der Waals surface area (Å²) in [5, 5.41) is 3.47. The Morgan fingerprint density at radius 3 is 1.44 bits per heavy atom. The molecule has 1 heteroatoms. The van der Waals surface area contributed by atoms with Gasteiger partial charge in [0, 0.05) is 4.70 Å². The maximum atomic E-state index is 2.35. The van der Waals surface area contributed by atoms with Crippen LogP contribution in [0.3, 0.4) is 0 Å². The molecule has 0 atom stereocenters. The van der Waals surface area contributed by atoms with E-state index in [4.69, 9.17) is 0 Å². The van der Waals surface area contributed by atoms with Gasteiger partial charge >= 0.3 is 0 Å². The van der Waals surface area contributed by atoms with Gasteiger partial charge in [0.05, 0.1) is 0 Å². The van der Waals surface area contributed by atoms with E-state index in [1.807, 2.05) is 0 Å². The number of hydrogen-bond donors (Lipinski definition) is 0. The molecule has 0 radical (unpaired) electrons. The Hall–Kier alpha value is -0.820. The Morgan fingerprint density at radius 2 is 0.941 bits per heavy atom. The standard InChI is InChI=1S/C25H52.C8H6S/c1-4-7-10-12-14-16-18-20-23-25(22-9-6-3)24-21-19-17-15-13-11-8-5-2;1-2-4-8-7(3-1)5-6-9-8/h25H,4-24H2,1-3H3;1-6H. The van der Waals surface area contributed by atoms with Crippen LogP contribution < -0.4 is 0 Å². The molecule has 2 aromatic rings. The summed E-state index contributed by atoms with van der Waals surface area (Å²) < 4.78 is 1.37. The molecule has 1 heterocycles. The first-order valence-electron chi connectivity index (χ1n) is 15.2. The lowest BCUT2D eigenvalue weighted by molar-refractivity contribution is 0.370. The van der Waals surface area contributed by atoms with Crippen molar-refractivity contribution >= 4 is 21.4 Å². The summed E-state index contributed by atoms with van der Waals surface area (Å²) in [7, 11) is 0. The number of unbranched alkanes of at least 4 members (excludes halogenated alkanes) is 15. The Labute approximate surface area is 218 Å². The second kappa shape index (κ2) is 23.9. The van der Waals surface area contributed by atoms with E-state index < -0.39 is 0 Å². The van der Waals surface area contributed by atoms with Crippen LogP contribution in [0.25, 0.3) is 10.1 Å². The van der Waals surface area contributed by atoms with Gasteiger partial charge in [-0.2, -0.15) is 0 Å². The third kappa shape index (κ3) is 17.6. The first-order chi connectivity index (χ1) is 16.8. The molecule has 2 rings (SSSR count). The molecule has 0 aliphatic rings. The van der Waals surface area contributed by atoms with Gasteiger partial charge in [-0.1, -0.05) is 174 Å². The van der Waals surface area contributed by atoms with Gasteiger partial charge in [0.15, 0.2) is 0 Å². The average molecular weight is 487 g/mol. The molecule has 0 spiro atoms. The zero-order valence-corrected chi connectivity index (χ0v) is 24.1. The minimum atomic E-state index is 1.04. The molecule has 1 aromatic heterocycles. The summed E-state index contributed by atoms with van der Waals surface area (Å²) in [6, 6.07) is 10.5. The highest BCUT2D eigenvalue weighted by Gasteiger charge is 2.08. The van der Waals surface area contributed by atoms with Gasteiger partial charge in [0.1, 0.15) is 0 Å². The van der Waals surface area contributed by atoms with Crippen molar-refractivity contribution in [3.8, 4) is 0 Å². The van der Waals surface area contributed by atoms with Gasteiger partial charge in [-0.15, -0.1) is 11.3 Å². The van der Waals surface area contributed by atoms with E-state index in [9.17, 15) is 0 Å². The van der Waals surface area contributed by atoms with Gasteiger partial charge in [0.2, 0.25) is 0 Å². The van der Waals surface area contributed by atoms with E-state index in [1.54, 1.807) is 11.3 Å². The lowest BCUT2D eigenvalue weighted by Gasteiger charge is -2.16. The predicted octanol–water partition coefficient (Wildman–Crippen LogP) is 12.8.